The van der Waals surface area contributed by atoms with Crippen LogP contribution in [0.1, 0.15) is 31.1 Å². The van der Waals surface area contributed by atoms with Gasteiger partial charge < -0.3 is 15.4 Å². The van der Waals surface area contributed by atoms with Gasteiger partial charge in [0.1, 0.15) is 0 Å². The predicted octanol–water partition coefficient (Wildman–Crippen LogP) is 1.62. The predicted molar refractivity (Wildman–Crippen MR) is 81.4 cm³/mol. The van der Waals surface area contributed by atoms with Crippen LogP contribution in [-0.2, 0) is 16.1 Å². The summed E-state index contributed by atoms with van der Waals surface area (Å²) in [5, 5.41) is 9.67. The highest BCUT2D eigenvalue weighted by Gasteiger charge is 2.35. The molecule has 1 aliphatic rings. The Balaban J connectivity index is 2.51. The number of aromatic nitrogens is 2. The topological polar surface area (TPSA) is 85.2 Å². The third-order valence-corrected chi connectivity index (χ3v) is 3.67. The molecule has 2 amide bonds. The van der Waals surface area contributed by atoms with Gasteiger partial charge in [0, 0.05) is 24.0 Å². The lowest BCUT2D eigenvalue weighted by Gasteiger charge is -2.28. The maximum Gasteiger partial charge on any atom is 0.338 e. The summed E-state index contributed by atoms with van der Waals surface area (Å²) in [6.07, 6.45) is 1.82. The molecule has 2 rings (SSSR count). The lowest BCUT2D eigenvalue weighted by atomic mass is 9.96. The van der Waals surface area contributed by atoms with E-state index < -0.39 is 18.0 Å². The monoisotopic (exact) mass is 326 g/mol. The fourth-order valence-corrected chi connectivity index (χ4v) is 2.60. The zero-order chi connectivity index (χ0) is 16.3. The van der Waals surface area contributed by atoms with Crippen LogP contribution in [0.15, 0.2) is 17.5 Å². The van der Waals surface area contributed by atoms with Gasteiger partial charge in [0.25, 0.3) is 0 Å². The molecule has 0 bridgehead atoms. The first-order chi connectivity index (χ1) is 10.5. The summed E-state index contributed by atoms with van der Waals surface area (Å²) >= 11 is 5.88. The molecule has 0 radical (unpaired) electrons. The number of allylic oxidation sites excluding steroid dienone is 1. The SMILES string of the molecule is CCOC(=O)C1=C(CCl)NC(=O)N[C@@H]1c1cn(CC)nc1C. The molecule has 22 heavy (non-hydrogen) atoms. The van der Waals surface area contributed by atoms with Crippen molar-refractivity contribution in [2.75, 3.05) is 12.5 Å². The number of halogens is 1. The molecule has 1 aromatic rings. The third kappa shape index (κ3) is 3.09. The van der Waals surface area contributed by atoms with Crippen molar-refractivity contribution in [1.82, 2.24) is 20.4 Å². The molecular formula is C14H19ClN4O3. The number of nitrogens with zero attached hydrogens (tertiary/aromatic N) is 2. The average Bonchev–Trinajstić information content (AvgIpc) is 2.87. The first-order valence-electron chi connectivity index (χ1n) is 7.09. The number of hydrogen-bond donors (Lipinski definition) is 2. The summed E-state index contributed by atoms with van der Waals surface area (Å²) in [6, 6.07) is -1.03. The molecule has 0 unspecified atom stereocenters. The summed E-state index contributed by atoms with van der Waals surface area (Å²) in [5.74, 6) is -0.488. The minimum Gasteiger partial charge on any atom is -0.463 e. The van der Waals surface area contributed by atoms with E-state index in [4.69, 9.17) is 16.3 Å². The van der Waals surface area contributed by atoms with Crippen molar-refractivity contribution in [2.24, 2.45) is 0 Å². The van der Waals surface area contributed by atoms with Crippen molar-refractivity contribution >= 4 is 23.6 Å². The summed E-state index contributed by atoms with van der Waals surface area (Å²) in [6.45, 7) is 6.46. The second-order valence-electron chi connectivity index (χ2n) is 4.80. The Kier molecular flexibility index (Phi) is 5.07. The van der Waals surface area contributed by atoms with Crippen molar-refractivity contribution in [3.05, 3.63) is 28.7 Å². The Morgan fingerprint density at radius 1 is 1.50 bits per heavy atom. The Hall–Kier alpha value is -2.02. The molecule has 0 aliphatic carbocycles. The Labute approximate surface area is 133 Å². The van der Waals surface area contributed by atoms with Gasteiger partial charge in [-0.25, -0.2) is 9.59 Å². The Morgan fingerprint density at radius 3 is 2.77 bits per heavy atom. The number of urea groups is 1. The van der Waals surface area contributed by atoms with Crippen LogP contribution < -0.4 is 10.6 Å². The molecule has 1 aliphatic heterocycles. The highest BCUT2D eigenvalue weighted by Crippen LogP contribution is 2.29. The van der Waals surface area contributed by atoms with Gasteiger partial charge >= 0.3 is 12.0 Å². The standard InChI is InChI=1S/C14H19ClN4O3/c1-4-19-7-9(8(3)18-19)12-11(13(20)22-5-2)10(6-15)16-14(21)17-12/h7,12H,4-6H2,1-3H3,(H2,16,17,21)/t12-/m1/s1. The van der Waals surface area contributed by atoms with Crippen LogP contribution >= 0.6 is 11.6 Å². The van der Waals surface area contributed by atoms with E-state index in [0.717, 1.165) is 11.3 Å². The second kappa shape index (κ2) is 6.83. The van der Waals surface area contributed by atoms with Gasteiger partial charge in [-0.1, -0.05) is 0 Å². The normalized spacial score (nSPS) is 18.0. The van der Waals surface area contributed by atoms with E-state index in [2.05, 4.69) is 15.7 Å². The number of alkyl halides is 1. The quantitative estimate of drug-likeness (QED) is 0.636. The molecule has 1 aromatic heterocycles. The van der Waals surface area contributed by atoms with Crippen LogP contribution in [0.5, 0.6) is 0 Å². The summed E-state index contributed by atoms with van der Waals surface area (Å²) in [5.41, 5.74) is 2.17. The van der Waals surface area contributed by atoms with E-state index in [1.165, 1.54) is 0 Å². The molecule has 0 saturated carbocycles. The number of ether oxygens (including phenoxy) is 1. The van der Waals surface area contributed by atoms with Gasteiger partial charge in [0.2, 0.25) is 0 Å². The number of nitrogens with one attached hydrogen (secondary N) is 2. The Morgan fingerprint density at radius 2 is 2.23 bits per heavy atom. The first kappa shape index (κ1) is 16.4. The minimum atomic E-state index is -0.623. The number of carbonyl (C=O) groups is 2. The molecule has 0 fully saturated rings. The fourth-order valence-electron chi connectivity index (χ4n) is 2.39. The lowest BCUT2D eigenvalue weighted by molar-refractivity contribution is -0.139. The van der Waals surface area contributed by atoms with Crippen LogP contribution in [0.25, 0.3) is 0 Å². The molecule has 120 valence electrons. The average molecular weight is 327 g/mol. The van der Waals surface area contributed by atoms with Crippen LogP contribution in [-0.4, -0.2) is 34.3 Å². The molecule has 7 nitrogen and oxygen atoms in total. The van der Waals surface area contributed by atoms with E-state index in [-0.39, 0.29) is 12.5 Å². The lowest BCUT2D eigenvalue weighted by Crippen LogP contribution is -2.46. The van der Waals surface area contributed by atoms with Gasteiger partial charge in [-0.2, -0.15) is 5.10 Å². The number of aryl methyl sites for hydroxylation is 2. The zero-order valence-electron chi connectivity index (χ0n) is 12.8. The largest absolute Gasteiger partial charge is 0.463 e. The van der Waals surface area contributed by atoms with Crippen molar-refractivity contribution in [1.29, 1.82) is 0 Å². The van der Waals surface area contributed by atoms with Crippen molar-refractivity contribution in [3.8, 4) is 0 Å². The van der Waals surface area contributed by atoms with Crippen molar-refractivity contribution in [3.63, 3.8) is 0 Å². The van der Waals surface area contributed by atoms with Gasteiger partial charge in [0.15, 0.2) is 0 Å². The molecule has 0 aromatic carbocycles. The summed E-state index contributed by atoms with van der Waals surface area (Å²) < 4.78 is 6.85. The molecule has 8 heteroatoms. The maximum atomic E-state index is 12.3. The molecule has 2 heterocycles. The molecular weight excluding hydrogens is 308 g/mol. The number of amides is 2. The van der Waals surface area contributed by atoms with Crippen LogP contribution in [0.2, 0.25) is 0 Å². The Bertz CT molecular complexity index is 624. The molecule has 1 atom stereocenters. The first-order valence-corrected chi connectivity index (χ1v) is 7.62. The second-order valence-corrected chi connectivity index (χ2v) is 5.07. The van der Waals surface area contributed by atoms with E-state index in [1.807, 2.05) is 20.0 Å². The highest BCUT2D eigenvalue weighted by molar-refractivity contribution is 6.20. The van der Waals surface area contributed by atoms with Gasteiger partial charge in [-0.3, -0.25) is 4.68 Å². The minimum absolute atomic E-state index is 0.0129. The number of hydrogen-bond acceptors (Lipinski definition) is 4. The zero-order valence-corrected chi connectivity index (χ0v) is 13.5. The highest BCUT2D eigenvalue weighted by atomic mass is 35.5. The number of carbonyl (C=O) groups excluding carboxylic acids is 2. The van der Waals surface area contributed by atoms with E-state index >= 15 is 0 Å². The van der Waals surface area contributed by atoms with Gasteiger partial charge in [-0.05, 0) is 20.8 Å². The van der Waals surface area contributed by atoms with Crippen LogP contribution in [0.4, 0.5) is 4.79 Å². The molecule has 2 N–H and O–H groups in total. The summed E-state index contributed by atoms with van der Waals surface area (Å²) in [7, 11) is 0. The number of rotatable bonds is 5. The van der Waals surface area contributed by atoms with Crippen molar-refractivity contribution in [2.45, 2.75) is 33.4 Å². The van der Waals surface area contributed by atoms with Gasteiger partial charge in [-0.15, -0.1) is 11.6 Å². The molecule has 0 saturated heterocycles. The van der Waals surface area contributed by atoms with E-state index in [1.54, 1.807) is 11.6 Å². The van der Waals surface area contributed by atoms with Crippen molar-refractivity contribution < 1.29 is 14.3 Å². The van der Waals surface area contributed by atoms with E-state index in [0.29, 0.717) is 17.8 Å². The van der Waals surface area contributed by atoms with E-state index in [9.17, 15) is 9.59 Å². The van der Waals surface area contributed by atoms with Crippen LogP contribution in [0, 0.1) is 6.92 Å². The van der Waals surface area contributed by atoms with Gasteiger partial charge in [0.05, 0.1) is 29.8 Å². The smallest absolute Gasteiger partial charge is 0.338 e. The maximum absolute atomic E-state index is 12.3. The molecule has 0 spiro atoms. The summed E-state index contributed by atoms with van der Waals surface area (Å²) in [4.78, 5) is 24.1. The fraction of sp³-hybridized carbons (Fsp3) is 0.500. The van der Waals surface area contributed by atoms with Crippen LogP contribution in [0.3, 0.4) is 0 Å². The third-order valence-electron chi connectivity index (χ3n) is 3.40. The number of esters is 1.